The van der Waals surface area contributed by atoms with Gasteiger partial charge in [0.2, 0.25) is 10.0 Å². The summed E-state index contributed by atoms with van der Waals surface area (Å²) in [6, 6.07) is 2.58. The second-order valence-corrected chi connectivity index (χ2v) is 6.41. The molecule has 0 amide bonds. The highest BCUT2D eigenvalue weighted by molar-refractivity contribution is 9.10. The van der Waals surface area contributed by atoms with Crippen LogP contribution in [0.1, 0.15) is 30.1 Å². The molecule has 0 unspecified atom stereocenters. The molecule has 0 heterocycles. The number of halogens is 1. The Morgan fingerprint density at radius 2 is 2.05 bits per heavy atom. The van der Waals surface area contributed by atoms with Crippen LogP contribution < -0.4 is 9.88 Å². The molecule has 0 saturated heterocycles. The van der Waals surface area contributed by atoms with Gasteiger partial charge in [0.25, 0.3) is 0 Å². The molecule has 0 radical (unpaired) electrons. The molecule has 1 aromatic rings. The van der Waals surface area contributed by atoms with Crippen molar-refractivity contribution in [2.45, 2.75) is 24.7 Å². The fourth-order valence-corrected chi connectivity index (χ4v) is 2.98. The maximum absolute atomic E-state index is 11.8. The van der Waals surface area contributed by atoms with Crippen LogP contribution in [0.4, 0.5) is 0 Å². The van der Waals surface area contributed by atoms with Crippen LogP contribution in [0, 0.1) is 0 Å². The number of primary sulfonamides is 1. The van der Waals surface area contributed by atoms with Crippen molar-refractivity contribution >= 4 is 31.9 Å². The zero-order valence-corrected chi connectivity index (χ0v) is 13.6. The predicted molar refractivity (Wildman–Crippen MR) is 77.3 cm³/mol. The zero-order chi connectivity index (χ0) is 15.3. The molecule has 0 aliphatic rings. The highest BCUT2D eigenvalue weighted by atomic mass is 79.9. The van der Waals surface area contributed by atoms with E-state index in [0.29, 0.717) is 4.47 Å². The molecule has 1 aromatic carbocycles. The molecule has 0 aromatic heterocycles. The first-order valence-corrected chi connectivity index (χ1v) is 8.22. The summed E-state index contributed by atoms with van der Waals surface area (Å²) in [4.78, 5) is 11.6. The van der Waals surface area contributed by atoms with E-state index in [1.807, 2.05) is 6.92 Å². The third-order valence-electron chi connectivity index (χ3n) is 2.49. The van der Waals surface area contributed by atoms with E-state index in [-0.39, 0.29) is 22.8 Å². The van der Waals surface area contributed by atoms with Crippen LogP contribution in [-0.4, -0.2) is 28.1 Å². The minimum Gasteiger partial charge on any atom is -0.494 e. The van der Waals surface area contributed by atoms with Gasteiger partial charge in [-0.25, -0.2) is 18.4 Å². The first kappa shape index (κ1) is 16.9. The van der Waals surface area contributed by atoms with Crippen molar-refractivity contribution in [2.24, 2.45) is 5.14 Å². The molecule has 0 atom stereocenters. The number of carbonyl (C=O) groups excluding carboxylic acids is 1. The molecule has 112 valence electrons. The van der Waals surface area contributed by atoms with Gasteiger partial charge in [0.1, 0.15) is 4.90 Å². The highest BCUT2D eigenvalue weighted by Gasteiger charge is 2.21. The van der Waals surface area contributed by atoms with Gasteiger partial charge in [-0.2, -0.15) is 0 Å². The molecule has 0 spiro atoms. The first-order chi connectivity index (χ1) is 9.31. The minimum absolute atomic E-state index is 0.0533. The predicted octanol–water partition coefficient (Wildman–Crippen LogP) is 2.06. The highest BCUT2D eigenvalue weighted by Crippen LogP contribution is 2.33. The largest absolute Gasteiger partial charge is 0.494 e. The van der Waals surface area contributed by atoms with Crippen LogP contribution in [0.15, 0.2) is 21.5 Å². The van der Waals surface area contributed by atoms with Gasteiger partial charge in [0, 0.05) is 0 Å². The van der Waals surface area contributed by atoms with E-state index < -0.39 is 16.0 Å². The Kier molecular flexibility index (Phi) is 5.97. The summed E-state index contributed by atoms with van der Waals surface area (Å²) in [7, 11) is -2.70. The maximum atomic E-state index is 11.8. The molecular weight excluding hydrogens is 350 g/mol. The lowest BCUT2D eigenvalue weighted by Crippen LogP contribution is -2.15. The molecule has 8 heteroatoms. The summed E-state index contributed by atoms with van der Waals surface area (Å²) < 4.78 is 33.4. The molecule has 0 aliphatic carbocycles. The van der Waals surface area contributed by atoms with Crippen LogP contribution in [0.2, 0.25) is 0 Å². The molecule has 0 bridgehead atoms. The Balaban J connectivity index is 3.18. The van der Waals surface area contributed by atoms with Crippen LogP contribution in [0.25, 0.3) is 0 Å². The van der Waals surface area contributed by atoms with Gasteiger partial charge < -0.3 is 9.47 Å². The van der Waals surface area contributed by atoms with E-state index in [0.717, 1.165) is 18.9 Å². The second-order valence-electron chi connectivity index (χ2n) is 4.02. The Morgan fingerprint density at radius 3 is 2.55 bits per heavy atom. The van der Waals surface area contributed by atoms with Gasteiger partial charge in [-0.05, 0) is 34.5 Å². The van der Waals surface area contributed by atoms with Crippen LogP contribution in [0.3, 0.4) is 0 Å². The van der Waals surface area contributed by atoms with Gasteiger partial charge >= 0.3 is 5.97 Å². The standard InChI is InChI=1S/C12H16BrNO5S/c1-3-4-5-19-12(15)8-6-9(13)11(18-2)10(7-8)20(14,16)17/h6-7H,3-5H2,1-2H3,(H2,14,16,17). The van der Waals surface area contributed by atoms with Crippen molar-refractivity contribution in [1.29, 1.82) is 0 Å². The molecule has 0 fully saturated rings. The molecule has 6 nitrogen and oxygen atoms in total. The van der Waals surface area contributed by atoms with Gasteiger partial charge in [-0.15, -0.1) is 0 Å². The summed E-state index contributed by atoms with van der Waals surface area (Å²) in [5.74, 6) is -0.552. The number of carbonyl (C=O) groups is 1. The SMILES string of the molecule is CCCCOC(=O)c1cc(Br)c(OC)c(S(N)(=O)=O)c1. The first-order valence-electron chi connectivity index (χ1n) is 5.88. The summed E-state index contributed by atoms with van der Waals surface area (Å²) in [6.07, 6.45) is 1.63. The van der Waals surface area contributed by atoms with Gasteiger partial charge in [-0.1, -0.05) is 13.3 Å². The van der Waals surface area contributed by atoms with Crippen molar-refractivity contribution in [3.63, 3.8) is 0 Å². The molecule has 20 heavy (non-hydrogen) atoms. The molecule has 0 aliphatic heterocycles. The average Bonchev–Trinajstić information content (AvgIpc) is 2.36. The topological polar surface area (TPSA) is 95.7 Å². The van der Waals surface area contributed by atoms with E-state index >= 15 is 0 Å². The van der Waals surface area contributed by atoms with Crippen molar-refractivity contribution in [3.05, 3.63) is 22.2 Å². The Labute approximate surface area is 126 Å². The fourth-order valence-electron chi connectivity index (χ4n) is 1.49. The van der Waals surface area contributed by atoms with Crippen LogP contribution in [-0.2, 0) is 14.8 Å². The summed E-state index contributed by atoms with van der Waals surface area (Å²) in [5.41, 5.74) is 0.0952. The number of methoxy groups -OCH3 is 1. The van der Waals surface area contributed by atoms with Crippen molar-refractivity contribution in [2.75, 3.05) is 13.7 Å². The van der Waals surface area contributed by atoms with Crippen LogP contribution >= 0.6 is 15.9 Å². The number of hydrogen-bond acceptors (Lipinski definition) is 5. The van der Waals surface area contributed by atoms with Crippen molar-refractivity contribution < 1.29 is 22.7 Å². The number of rotatable bonds is 6. The number of esters is 1. The number of nitrogens with two attached hydrogens (primary N) is 1. The van der Waals surface area contributed by atoms with Crippen molar-refractivity contribution in [1.82, 2.24) is 0 Å². The molecular formula is C12H16BrNO5S. The Bertz CT molecular complexity index is 600. The molecule has 1 rings (SSSR count). The fraction of sp³-hybridized carbons (Fsp3) is 0.417. The third kappa shape index (κ3) is 4.19. The van der Waals surface area contributed by atoms with E-state index in [1.54, 1.807) is 0 Å². The van der Waals surface area contributed by atoms with Crippen molar-refractivity contribution in [3.8, 4) is 5.75 Å². The molecule has 0 saturated carbocycles. The van der Waals surface area contributed by atoms with E-state index in [4.69, 9.17) is 14.6 Å². The van der Waals surface area contributed by atoms with E-state index in [9.17, 15) is 13.2 Å². The summed E-state index contributed by atoms with van der Waals surface area (Å²) >= 11 is 3.15. The van der Waals surface area contributed by atoms with E-state index in [1.165, 1.54) is 13.2 Å². The lowest BCUT2D eigenvalue weighted by molar-refractivity contribution is 0.0499. The van der Waals surface area contributed by atoms with Gasteiger partial charge in [-0.3, -0.25) is 0 Å². The monoisotopic (exact) mass is 365 g/mol. The van der Waals surface area contributed by atoms with E-state index in [2.05, 4.69) is 15.9 Å². The number of unbranched alkanes of at least 4 members (excludes halogenated alkanes) is 1. The smallest absolute Gasteiger partial charge is 0.338 e. The van der Waals surface area contributed by atoms with Gasteiger partial charge in [0.15, 0.2) is 5.75 Å². The average molecular weight is 366 g/mol. The Morgan fingerprint density at radius 1 is 1.40 bits per heavy atom. The normalized spacial score (nSPS) is 11.2. The quantitative estimate of drug-likeness (QED) is 0.614. The van der Waals surface area contributed by atoms with Crippen LogP contribution in [0.5, 0.6) is 5.75 Å². The lowest BCUT2D eigenvalue weighted by Gasteiger charge is -2.11. The summed E-state index contributed by atoms with van der Waals surface area (Å²) in [6.45, 7) is 2.25. The number of benzene rings is 1. The van der Waals surface area contributed by atoms with Gasteiger partial charge in [0.05, 0.1) is 23.8 Å². The summed E-state index contributed by atoms with van der Waals surface area (Å²) in [5, 5.41) is 5.11. The number of sulfonamides is 1. The zero-order valence-electron chi connectivity index (χ0n) is 11.2. The third-order valence-corrected chi connectivity index (χ3v) is 3.99. The lowest BCUT2D eigenvalue weighted by atomic mass is 10.2. The second kappa shape index (κ2) is 7.05. The number of ether oxygens (including phenoxy) is 2. The number of hydrogen-bond donors (Lipinski definition) is 1. The molecule has 2 N–H and O–H groups in total. The maximum Gasteiger partial charge on any atom is 0.338 e. The minimum atomic E-state index is -4.01. The Hall–Kier alpha value is -1.12.